The third-order valence-corrected chi connectivity index (χ3v) is 5.01. The number of sulfone groups is 1. The Hall–Kier alpha value is -0.880. The van der Waals surface area contributed by atoms with Gasteiger partial charge in [-0.05, 0) is 29.8 Å². The Morgan fingerprint density at radius 2 is 1.78 bits per heavy atom. The van der Waals surface area contributed by atoms with Gasteiger partial charge in [0.15, 0.2) is 9.84 Å². The second-order valence-electron chi connectivity index (χ2n) is 3.96. The fourth-order valence-electron chi connectivity index (χ4n) is 1.58. The van der Waals surface area contributed by atoms with Crippen molar-refractivity contribution in [3.8, 4) is 0 Å². The van der Waals surface area contributed by atoms with Gasteiger partial charge in [-0.1, -0.05) is 23.7 Å². The van der Waals surface area contributed by atoms with Crippen LogP contribution in [0.25, 0.3) is 0 Å². The molecule has 2 aromatic rings. The molecule has 1 heterocycles. The van der Waals surface area contributed by atoms with Gasteiger partial charge in [0.05, 0.1) is 15.3 Å². The van der Waals surface area contributed by atoms with Gasteiger partial charge in [-0.2, -0.15) is 0 Å². The number of hydrogen-bond acceptors (Lipinski definition) is 4. The van der Waals surface area contributed by atoms with E-state index in [9.17, 15) is 8.42 Å². The maximum atomic E-state index is 11.3. The van der Waals surface area contributed by atoms with Gasteiger partial charge in [-0.15, -0.1) is 11.3 Å². The molecular formula is C12H12ClNO2S2. The van der Waals surface area contributed by atoms with Crippen LogP contribution in [0.5, 0.6) is 0 Å². The molecule has 6 heteroatoms. The molecule has 0 amide bonds. The van der Waals surface area contributed by atoms with E-state index in [1.165, 1.54) is 17.6 Å². The summed E-state index contributed by atoms with van der Waals surface area (Å²) in [6.45, 7) is 0. The van der Waals surface area contributed by atoms with Crippen molar-refractivity contribution in [1.82, 2.24) is 0 Å². The molecule has 96 valence electrons. The van der Waals surface area contributed by atoms with E-state index in [0.717, 1.165) is 10.4 Å². The summed E-state index contributed by atoms with van der Waals surface area (Å²) in [7, 11) is -3.17. The maximum Gasteiger partial charge on any atom is 0.175 e. The van der Waals surface area contributed by atoms with Gasteiger partial charge in [0.2, 0.25) is 0 Å². The van der Waals surface area contributed by atoms with Gasteiger partial charge in [-0.25, -0.2) is 8.42 Å². The van der Waals surface area contributed by atoms with Crippen LogP contribution in [0.2, 0.25) is 4.34 Å². The van der Waals surface area contributed by atoms with Crippen molar-refractivity contribution in [3.05, 3.63) is 51.2 Å². The van der Waals surface area contributed by atoms with E-state index in [2.05, 4.69) is 0 Å². The molecule has 0 saturated heterocycles. The first-order valence-electron chi connectivity index (χ1n) is 5.19. The summed E-state index contributed by atoms with van der Waals surface area (Å²) in [5, 5.41) is 0. The van der Waals surface area contributed by atoms with Crippen molar-refractivity contribution in [2.24, 2.45) is 5.73 Å². The molecule has 18 heavy (non-hydrogen) atoms. The molecule has 0 aliphatic rings. The average Bonchev–Trinajstić information content (AvgIpc) is 2.74. The van der Waals surface area contributed by atoms with Crippen LogP contribution in [0.3, 0.4) is 0 Å². The van der Waals surface area contributed by atoms with Crippen LogP contribution in [0.4, 0.5) is 0 Å². The molecule has 2 N–H and O–H groups in total. The first-order valence-corrected chi connectivity index (χ1v) is 8.27. The molecule has 1 unspecified atom stereocenters. The Morgan fingerprint density at radius 1 is 1.17 bits per heavy atom. The first-order chi connectivity index (χ1) is 8.38. The van der Waals surface area contributed by atoms with Crippen molar-refractivity contribution >= 4 is 32.8 Å². The third-order valence-electron chi connectivity index (χ3n) is 2.57. The second kappa shape index (κ2) is 5.01. The van der Waals surface area contributed by atoms with E-state index < -0.39 is 9.84 Å². The zero-order valence-electron chi connectivity index (χ0n) is 9.63. The molecule has 0 aliphatic carbocycles. The fourth-order valence-corrected chi connectivity index (χ4v) is 3.30. The highest BCUT2D eigenvalue weighted by atomic mass is 35.5. The molecular weight excluding hydrogens is 290 g/mol. The van der Waals surface area contributed by atoms with Crippen molar-refractivity contribution in [2.45, 2.75) is 10.9 Å². The molecule has 0 spiro atoms. The normalized spacial score (nSPS) is 13.5. The van der Waals surface area contributed by atoms with Crippen LogP contribution >= 0.6 is 22.9 Å². The molecule has 3 nitrogen and oxygen atoms in total. The highest BCUT2D eigenvalue weighted by molar-refractivity contribution is 7.90. The van der Waals surface area contributed by atoms with Crippen LogP contribution in [0.15, 0.2) is 41.3 Å². The Morgan fingerprint density at radius 3 is 2.22 bits per heavy atom. The van der Waals surface area contributed by atoms with Gasteiger partial charge in [0, 0.05) is 11.1 Å². The van der Waals surface area contributed by atoms with Crippen LogP contribution in [0, 0.1) is 0 Å². The zero-order chi connectivity index (χ0) is 13.3. The SMILES string of the molecule is CS(=O)(=O)c1ccc(C(N)c2ccc(Cl)s2)cc1. The minimum atomic E-state index is -3.17. The molecule has 0 radical (unpaired) electrons. The largest absolute Gasteiger partial charge is 0.320 e. The molecule has 0 saturated carbocycles. The molecule has 2 rings (SSSR count). The predicted molar refractivity (Wildman–Crippen MR) is 74.9 cm³/mol. The molecule has 1 aromatic carbocycles. The minimum absolute atomic E-state index is 0.281. The smallest absolute Gasteiger partial charge is 0.175 e. The average molecular weight is 302 g/mol. The van der Waals surface area contributed by atoms with Gasteiger partial charge in [0.25, 0.3) is 0 Å². The topological polar surface area (TPSA) is 60.2 Å². The van der Waals surface area contributed by atoms with E-state index in [4.69, 9.17) is 17.3 Å². The van der Waals surface area contributed by atoms with E-state index in [-0.39, 0.29) is 6.04 Å². The number of benzene rings is 1. The highest BCUT2D eigenvalue weighted by Crippen LogP contribution is 2.29. The number of thiophene rings is 1. The minimum Gasteiger partial charge on any atom is -0.320 e. The molecule has 0 bridgehead atoms. The zero-order valence-corrected chi connectivity index (χ0v) is 12.0. The number of nitrogens with two attached hydrogens (primary N) is 1. The second-order valence-corrected chi connectivity index (χ2v) is 7.72. The Kier molecular flexibility index (Phi) is 3.77. The molecule has 1 atom stereocenters. The summed E-state index contributed by atoms with van der Waals surface area (Å²) in [6, 6.07) is 9.99. The Balaban J connectivity index is 2.30. The number of halogens is 1. The fraction of sp³-hybridized carbons (Fsp3) is 0.167. The summed E-state index contributed by atoms with van der Waals surface area (Å²) in [5.41, 5.74) is 6.95. The summed E-state index contributed by atoms with van der Waals surface area (Å²) >= 11 is 7.28. The van der Waals surface area contributed by atoms with Gasteiger partial charge >= 0.3 is 0 Å². The lowest BCUT2D eigenvalue weighted by atomic mass is 10.1. The Bertz CT molecular complexity index is 647. The summed E-state index contributed by atoms with van der Waals surface area (Å²) in [5.74, 6) is 0. The van der Waals surface area contributed by atoms with E-state index in [1.807, 2.05) is 6.07 Å². The lowest BCUT2D eigenvalue weighted by molar-refractivity contribution is 0.602. The highest BCUT2D eigenvalue weighted by Gasteiger charge is 2.13. The van der Waals surface area contributed by atoms with Crippen molar-refractivity contribution in [3.63, 3.8) is 0 Å². The van der Waals surface area contributed by atoms with Gasteiger partial charge in [-0.3, -0.25) is 0 Å². The molecule has 0 fully saturated rings. The van der Waals surface area contributed by atoms with Crippen LogP contribution < -0.4 is 5.73 Å². The quantitative estimate of drug-likeness (QED) is 0.948. The lowest BCUT2D eigenvalue weighted by Crippen LogP contribution is -2.10. The third kappa shape index (κ3) is 2.92. The van der Waals surface area contributed by atoms with Gasteiger partial charge < -0.3 is 5.73 Å². The van der Waals surface area contributed by atoms with Crippen molar-refractivity contribution in [1.29, 1.82) is 0 Å². The van der Waals surface area contributed by atoms with Gasteiger partial charge in [0.1, 0.15) is 0 Å². The lowest BCUT2D eigenvalue weighted by Gasteiger charge is -2.10. The summed E-state index contributed by atoms with van der Waals surface area (Å²) in [4.78, 5) is 1.25. The summed E-state index contributed by atoms with van der Waals surface area (Å²) in [6.07, 6.45) is 1.18. The number of hydrogen-bond donors (Lipinski definition) is 1. The van der Waals surface area contributed by atoms with Crippen molar-refractivity contribution < 1.29 is 8.42 Å². The van der Waals surface area contributed by atoms with E-state index in [1.54, 1.807) is 30.3 Å². The Labute approximate surface area is 115 Å². The predicted octanol–water partition coefficient (Wildman–Crippen LogP) is 2.85. The van der Waals surface area contributed by atoms with Crippen LogP contribution in [-0.4, -0.2) is 14.7 Å². The number of rotatable bonds is 3. The molecule has 1 aromatic heterocycles. The first kappa shape index (κ1) is 13.5. The van der Waals surface area contributed by atoms with Crippen LogP contribution in [0.1, 0.15) is 16.5 Å². The van der Waals surface area contributed by atoms with Crippen LogP contribution in [-0.2, 0) is 9.84 Å². The molecule has 0 aliphatic heterocycles. The maximum absolute atomic E-state index is 11.3. The summed E-state index contributed by atoms with van der Waals surface area (Å²) < 4.78 is 23.4. The van der Waals surface area contributed by atoms with E-state index >= 15 is 0 Å². The van der Waals surface area contributed by atoms with E-state index in [0.29, 0.717) is 9.23 Å². The van der Waals surface area contributed by atoms with Crippen molar-refractivity contribution in [2.75, 3.05) is 6.26 Å². The standard InChI is InChI=1S/C12H12ClNO2S2/c1-18(15,16)9-4-2-8(3-5-9)12(14)10-6-7-11(13)17-10/h2-7,12H,14H2,1H3. The monoisotopic (exact) mass is 301 g/mol.